The first-order valence-electron chi connectivity index (χ1n) is 6.03. The van der Waals surface area contributed by atoms with Crippen LogP contribution < -0.4 is 4.74 Å². The standard InChI is InChI=1S/C15H18O4/c1-4-15(2,3)19-11-7-10-18-13-9-6-5-8-12(13)14(16)17/h1,5-6,8-9H,7,10-11H2,2-3H3,(H,16,17). The van der Waals surface area contributed by atoms with Crippen LogP contribution in [0.2, 0.25) is 0 Å². The molecule has 0 spiro atoms. The third-order valence-corrected chi connectivity index (χ3v) is 2.47. The maximum atomic E-state index is 11.0. The first-order chi connectivity index (χ1) is 8.96. The average molecular weight is 262 g/mol. The molecule has 0 atom stereocenters. The molecule has 0 aromatic heterocycles. The first-order valence-corrected chi connectivity index (χ1v) is 6.03. The van der Waals surface area contributed by atoms with Gasteiger partial charge in [0.2, 0.25) is 0 Å². The number of para-hydroxylation sites is 1. The molecule has 0 radical (unpaired) electrons. The minimum Gasteiger partial charge on any atom is -0.493 e. The van der Waals surface area contributed by atoms with Gasteiger partial charge in [-0.25, -0.2) is 4.79 Å². The number of carboxylic acid groups (broad SMARTS) is 1. The normalized spacial score (nSPS) is 10.8. The second kappa shape index (κ2) is 6.81. The van der Waals surface area contributed by atoms with Crippen molar-refractivity contribution in [3.8, 4) is 18.1 Å². The molecule has 0 fully saturated rings. The molecule has 0 saturated carbocycles. The Labute approximate surface area is 113 Å². The fourth-order valence-electron chi connectivity index (χ4n) is 1.38. The van der Waals surface area contributed by atoms with Crippen LogP contribution in [-0.4, -0.2) is 29.9 Å². The number of hydrogen-bond acceptors (Lipinski definition) is 3. The highest BCUT2D eigenvalue weighted by Crippen LogP contribution is 2.18. The van der Waals surface area contributed by atoms with Crippen molar-refractivity contribution in [2.45, 2.75) is 25.9 Å². The zero-order valence-corrected chi connectivity index (χ0v) is 11.2. The van der Waals surface area contributed by atoms with Crippen LogP contribution in [0.15, 0.2) is 24.3 Å². The highest BCUT2D eigenvalue weighted by molar-refractivity contribution is 5.90. The molecule has 0 aliphatic rings. The summed E-state index contributed by atoms with van der Waals surface area (Å²) in [6.45, 7) is 4.47. The lowest BCUT2D eigenvalue weighted by molar-refractivity contribution is 0.0209. The van der Waals surface area contributed by atoms with Crippen LogP contribution in [0.25, 0.3) is 0 Å². The van der Waals surface area contributed by atoms with Gasteiger partial charge in [0.05, 0.1) is 13.2 Å². The number of rotatable bonds is 7. The summed E-state index contributed by atoms with van der Waals surface area (Å²) in [7, 11) is 0. The Morgan fingerprint density at radius 3 is 2.68 bits per heavy atom. The van der Waals surface area contributed by atoms with Crippen LogP contribution in [0.1, 0.15) is 30.6 Å². The lowest BCUT2D eigenvalue weighted by atomic mass is 10.1. The van der Waals surface area contributed by atoms with E-state index in [0.717, 1.165) is 0 Å². The molecule has 4 nitrogen and oxygen atoms in total. The fourth-order valence-corrected chi connectivity index (χ4v) is 1.38. The Hall–Kier alpha value is -1.99. The van der Waals surface area contributed by atoms with Crippen LogP contribution in [0.5, 0.6) is 5.75 Å². The van der Waals surface area contributed by atoms with Crippen molar-refractivity contribution < 1.29 is 19.4 Å². The van der Waals surface area contributed by atoms with Gasteiger partial charge >= 0.3 is 5.97 Å². The molecule has 0 bridgehead atoms. The molecule has 1 rings (SSSR count). The highest BCUT2D eigenvalue weighted by atomic mass is 16.5. The fraction of sp³-hybridized carbons (Fsp3) is 0.400. The summed E-state index contributed by atoms with van der Waals surface area (Å²) in [6, 6.07) is 6.54. The monoisotopic (exact) mass is 262 g/mol. The van der Waals surface area contributed by atoms with E-state index in [1.54, 1.807) is 18.2 Å². The van der Waals surface area contributed by atoms with E-state index in [-0.39, 0.29) is 5.56 Å². The average Bonchev–Trinajstić information content (AvgIpc) is 2.38. The van der Waals surface area contributed by atoms with Crippen LogP contribution in [-0.2, 0) is 4.74 Å². The number of ether oxygens (including phenoxy) is 2. The van der Waals surface area contributed by atoms with E-state index in [9.17, 15) is 4.79 Å². The number of carboxylic acids is 1. The Morgan fingerprint density at radius 1 is 1.37 bits per heavy atom. The molecule has 0 saturated heterocycles. The number of hydrogen-bond donors (Lipinski definition) is 1. The Kier molecular flexibility index (Phi) is 5.40. The van der Waals surface area contributed by atoms with Gasteiger partial charge in [-0.3, -0.25) is 0 Å². The van der Waals surface area contributed by atoms with Crippen LogP contribution in [0.3, 0.4) is 0 Å². The van der Waals surface area contributed by atoms with Crippen molar-refractivity contribution in [3.63, 3.8) is 0 Å². The van der Waals surface area contributed by atoms with Crippen LogP contribution in [0.4, 0.5) is 0 Å². The summed E-state index contributed by atoms with van der Waals surface area (Å²) in [6.07, 6.45) is 5.93. The topological polar surface area (TPSA) is 55.8 Å². The SMILES string of the molecule is C#CC(C)(C)OCCCOc1ccccc1C(=O)O. The van der Waals surface area contributed by atoms with Crippen molar-refractivity contribution in [1.29, 1.82) is 0 Å². The van der Waals surface area contributed by atoms with Gasteiger partial charge in [-0.05, 0) is 26.0 Å². The molecule has 0 amide bonds. The van der Waals surface area contributed by atoms with Gasteiger partial charge in [0, 0.05) is 6.42 Å². The number of benzene rings is 1. The van der Waals surface area contributed by atoms with E-state index < -0.39 is 11.6 Å². The summed E-state index contributed by atoms with van der Waals surface area (Å²) in [5.74, 6) is 1.90. The van der Waals surface area contributed by atoms with Gasteiger partial charge in [0.25, 0.3) is 0 Å². The molecule has 0 unspecified atom stereocenters. The van der Waals surface area contributed by atoms with Gasteiger partial charge in [-0.2, -0.15) is 0 Å². The zero-order chi connectivity index (χ0) is 14.3. The van der Waals surface area contributed by atoms with Crippen LogP contribution in [0, 0.1) is 12.3 Å². The van der Waals surface area contributed by atoms with Crippen molar-refractivity contribution in [1.82, 2.24) is 0 Å². The minimum atomic E-state index is -1.000. The predicted octanol–water partition coefficient (Wildman–Crippen LogP) is 2.58. The van der Waals surface area contributed by atoms with Gasteiger partial charge < -0.3 is 14.6 Å². The summed E-state index contributed by atoms with van der Waals surface area (Å²) in [4.78, 5) is 11.0. The van der Waals surface area contributed by atoms with Crippen molar-refractivity contribution in [2.75, 3.05) is 13.2 Å². The van der Waals surface area contributed by atoms with Gasteiger partial charge in [0.15, 0.2) is 0 Å². The van der Waals surface area contributed by atoms with E-state index in [1.165, 1.54) is 6.07 Å². The lowest BCUT2D eigenvalue weighted by Crippen LogP contribution is -2.23. The summed E-state index contributed by atoms with van der Waals surface area (Å²) in [5, 5.41) is 8.98. The first kappa shape index (κ1) is 15.1. The molecule has 0 aliphatic heterocycles. The van der Waals surface area contributed by atoms with E-state index in [4.69, 9.17) is 21.0 Å². The molecule has 19 heavy (non-hydrogen) atoms. The number of aromatic carboxylic acids is 1. The van der Waals surface area contributed by atoms with E-state index >= 15 is 0 Å². The molecular formula is C15H18O4. The smallest absolute Gasteiger partial charge is 0.339 e. The van der Waals surface area contributed by atoms with Crippen LogP contribution >= 0.6 is 0 Å². The Morgan fingerprint density at radius 2 is 2.05 bits per heavy atom. The second-order valence-electron chi connectivity index (χ2n) is 4.51. The van der Waals surface area contributed by atoms with E-state index in [0.29, 0.717) is 25.4 Å². The summed E-state index contributed by atoms with van der Waals surface area (Å²) in [5.41, 5.74) is -0.425. The van der Waals surface area contributed by atoms with Crippen molar-refractivity contribution in [3.05, 3.63) is 29.8 Å². The van der Waals surface area contributed by atoms with E-state index in [2.05, 4.69) is 5.92 Å². The summed E-state index contributed by atoms with van der Waals surface area (Å²) >= 11 is 0. The maximum absolute atomic E-state index is 11.0. The van der Waals surface area contributed by atoms with Gasteiger partial charge in [-0.1, -0.05) is 18.1 Å². The maximum Gasteiger partial charge on any atom is 0.339 e. The minimum absolute atomic E-state index is 0.160. The third-order valence-electron chi connectivity index (χ3n) is 2.47. The second-order valence-corrected chi connectivity index (χ2v) is 4.51. The molecule has 0 aliphatic carbocycles. The van der Waals surface area contributed by atoms with Crippen molar-refractivity contribution >= 4 is 5.97 Å². The Bertz CT molecular complexity index is 471. The summed E-state index contributed by atoms with van der Waals surface area (Å²) < 4.78 is 10.9. The molecular weight excluding hydrogens is 244 g/mol. The zero-order valence-electron chi connectivity index (χ0n) is 11.2. The lowest BCUT2D eigenvalue weighted by Gasteiger charge is -2.18. The number of terminal acetylenes is 1. The molecule has 102 valence electrons. The molecule has 0 heterocycles. The number of carbonyl (C=O) groups is 1. The largest absolute Gasteiger partial charge is 0.493 e. The molecule has 1 aromatic carbocycles. The third kappa shape index (κ3) is 5.02. The predicted molar refractivity (Wildman–Crippen MR) is 72.4 cm³/mol. The molecule has 4 heteroatoms. The molecule has 1 aromatic rings. The van der Waals surface area contributed by atoms with Gasteiger partial charge in [0.1, 0.15) is 16.9 Å². The quantitative estimate of drug-likeness (QED) is 0.606. The highest BCUT2D eigenvalue weighted by Gasteiger charge is 2.13. The Balaban J connectivity index is 2.39. The van der Waals surface area contributed by atoms with Gasteiger partial charge in [-0.15, -0.1) is 6.42 Å². The van der Waals surface area contributed by atoms with E-state index in [1.807, 2.05) is 13.8 Å². The van der Waals surface area contributed by atoms with Crippen molar-refractivity contribution in [2.24, 2.45) is 0 Å². The molecule has 1 N–H and O–H groups in total.